The standard InChI is InChI=1S/C15H17NO4/c1-2-3-8-16-14(17)10-19-15(18)13-9-11-6-4-5-7-12(11)20-13/h4-7,9H,2-3,8,10H2,1H3,(H,16,17). The molecule has 1 aromatic carbocycles. The Morgan fingerprint density at radius 3 is 2.85 bits per heavy atom. The zero-order chi connectivity index (χ0) is 14.4. The van der Waals surface area contributed by atoms with Gasteiger partial charge in [-0.1, -0.05) is 31.5 Å². The van der Waals surface area contributed by atoms with Crippen molar-refractivity contribution < 1.29 is 18.7 Å². The Bertz CT molecular complexity index is 570. The summed E-state index contributed by atoms with van der Waals surface area (Å²) in [5, 5.41) is 3.50. The number of fused-ring (bicyclic) bond motifs is 1. The van der Waals surface area contributed by atoms with Gasteiger partial charge in [0, 0.05) is 11.9 Å². The van der Waals surface area contributed by atoms with Crippen LogP contribution in [0.5, 0.6) is 0 Å². The first-order valence-electron chi connectivity index (χ1n) is 6.63. The first-order valence-corrected chi connectivity index (χ1v) is 6.63. The van der Waals surface area contributed by atoms with E-state index in [1.54, 1.807) is 12.1 Å². The summed E-state index contributed by atoms with van der Waals surface area (Å²) in [7, 11) is 0. The summed E-state index contributed by atoms with van der Waals surface area (Å²) >= 11 is 0. The summed E-state index contributed by atoms with van der Waals surface area (Å²) in [4.78, 5) is 23.2. The average molecular weight is 275 g/mol. The Labute approximate surface area is 116 Å². The maximum absolute atomic E-state index is 11.8. The van der Waals surface area contributed by atoms with E-state index >= 15 is 0 Å². The number of nitrogens with one attached hydrogen (secondary N) is 1. The largest absolute Gasteiger partial charge is 0.450 e. The molecule has 0 saturated heterocycles. The van der Waals surface area contributed by atoms with E-state index in [-0.39, 0.29) is 18.3 Å². The lowest BCUT2D eigenvalue weighted by molar-refractivity contribution is -0.124. The lowest BCUT2D eigenvalue weighted by Crippen LogP contribution is -2.29. The van der Waals surface area contributed by atoms with Crippen LogP contribution in [-0.4, -0.2) is 25.0 Å². The molecule has 106 valence electrons. The van der Waals surface area contributed by atoms with E-state index in [9.17, 15) is 9.59 Å². The van der Waals surface area contributed by atoms with Crippen molar-refractivity contribution in [2.24, 2.45) is 0 Å². The van der Waals surface area contributed by atoms with Crippen molar-refractivity contribution >= 4 is 22.8 Å². The highest BCUT2D eigenvalue weighted by Gasteiger charge is 2.14. The number of ether oxygens (including phenoxy) is 1. The number of para-hydroxylation sites is 1. The minimum Gasteiger partial charge on any atom is -0.450 e. The van der Waals surface area contributed by atoms with Crippen LogP contribution >= 0.6 is 0 Å². The Morgan fingerprint density at radius 1 is 1.30 bits per heavy atom. The van der Waals surface area contributed by atoms with E-state index in [1.165, 1.54) is 0 Å². The van der Waals surface area contributed by atoms with E-state index in [0.29, 0.717) is 12.1 Å². The molecule has 5 heteroatoms. The van der Waals surface area contributed by atoms with E-state index < -0.39 is 5.97 Å². The van der Waals surface area contributed by atoms with Gasteiger partial charge in [-0.2, -0.15) is 0 Å². The third kappa shape index (κ3) is 3.60. The van der Waals surface area contributed by atoms with Crippen molar-refractivity contribution in [2.75, 3.05) is 13.2 Å². The van der Waals surface area contributed by atoms with E-state index in [2.05, 4.69) is 5.32 Å². The zero-order valence-corrected chi connectivity index (χ0v) is 11.3. The highest BCUT2D eigenvalue weighted by molar-refractivity contribution is 5.93. The van der Waals surface area contributed by atoms with Crippen LogP contribution in [0.25, 0.3) is 11.0 Å². The number of hydrogen-bond acceptors (Lipinski definition) is 4. The van der Waals surface area contributed by atoms with Crippen LogP contribution in [0.4, 0.5) is 0 Å². The molecule has 0 unspecified atom stereocenters. The smallest absolute Gasteiger partial charge is 0.374 e. The SMILES string of the molecule is CCCCNC(=O)COC(=O)c1cc2ccccc2o1. The molecule has 2 rings (SSSR count). The molecule has 5 nitrogen and oxygen atoms in total. The third-order valence-corrected chi connectivity index (χ3v) is 2.81. The predicted molar refractivity (Wildman–Crippen MR) is 74.4 cm³/mol. The molecule has 2 aromatic rings. The molecule has 0 spiro atoms. The Balaban J connectivity index is 1.87. The average Bonchev–Trinajstić information content (AvgIpc) is 2.89. The molecular formula is C15H17NO4. The van der Waals surface area contributed by atoms with Crippen molar-refractivity contribution in [3.63, 3.8) is 0 Å². The molecule has 0 fully saturated rings. The predicted octanol–water partition coefficient (Wildman–Crippen LogP) is 2.51. The number of hydrogen-bond donors (Lipinski definition) is 1. The van der Waals surface area contributed by atoms with Gasteiger partial charge in [-0.3, -0.25) is 4.79 Å². The molecule has 0 aliphatic heterocycles. The normalized spacial score (nSPS) is 10.4. The van der Waals surface area contributed by atoms with Crippen molar-refractivity contribution in [3.05, 3.63) is 36.1 Å². The molecule has 20 heavy (non-hydrogen) atoms. The molecule has 1 aromatic heterocycles. The summed E-state index contributed by atoms with van der Waals surface area (Å²) in [5.74, 6) is -0.831. The Hall–Kier alpha value is -2.30. The first kappa shape index (κ1) is 14.1. The summed E-state index contributed by atoms with van der Waals surface area (Å²) in [6.45, 7) is 2.34. The molecule has 0 bridgehead atoms. The van der Waals surface area contributed by atoms with Crippen LogP contribution in [0.2, 0.25) is 0 Å². The highest BCUT2D eigenvalue weighted by Crippen LogP contribution is 2.19. The second kappa shape index (κ2) is 6.75. The fourth-order valence-corrected chi connectivity index (χ4v) is 1.74. The minimum atomic E-state index is -0.633. The van der Waals surface area contributed by atoms with E-state index in [1.807, 2.05) is 25.1 Å². The maximum Gasteiger partial charge on any atom is 0.374 e. The number of unbranched alkanes of at least 4 members (excludes halogenated alkanes) is 1. The molecule has 0 saturated carbocycles. The minimum absolute atomic E-state index is 0.104. The monoisotopic (exact) mass is 275 g/mol. The lowest BCUT2D eigenvalue weighted by atomic mass is 10.2. The first-order chi connectivity index (χ1) is 9.70. The van der Waals surface area contributed by atoms with Gasteiger partial charge in [0.25, 0.3) is 5.91 Å². The zero-order valence-electron chi connectivity index (χ0n) is 11.3. The van der Waals surface area contributed by atoms with E-state index in [0.717, 1.165) is 18.2 Å². The molecule has 1 amide bonds. The lowest BCUT2D eigenvalue weighted by Gasteiger charge is -2.04. The molecule has 0 aliphatic carbocycles. The summed E-state index contributed by atoms with van der Waals surface area (Å²) in [6, 6.07) is 8.89. The summed E-state index contributed by atoms with van der Waals surface area (Å²) in [6.07, 6.45) is 1.91. The molecule has 0 aliphatic rings. The number of rotatable bonds is 6. The van der Waals surface area contributed by atoms with Gasteiger partial charge in [0.2, 0.25) is 5.76 Å². The molecular weight excluding hydrogens is 258 g/mol. The molecule has 1 heterocycles. The number of amides is 1. The van der Waals surface area contributed by atoms with Crippen molar-refractivity contribution in [1.82, 2.24) is 5.32 Å². The van der Waals surface area contributed by atoms with Gasteiger partial charge < -0.3 is 14.5 Å². The summed E-state index contributed by atoms with van der Waals surface area (Å²) < 4.78 is 10.3. The second-order valence-corrected chi connectivity index (χ2v) is 4.43. The van der Waals surface area contributed by atoms with Crippen LogP contribution in [0.1, 0.15) is 30.3 Å². The van der Waals surface area contributed by atoms with Crippen molar-refractivity contribution in [2.45, 2.75) is 19.8 Å². The Morgan fingerprint density at radius 2 is 2.10 bits per heavy atom. The van der Waals surface area contributed by atoms with Crippen LogP contribution in [0.15, 0.2) is 34.7 Å². The van der Waals surface area contributed by atoms with Crippen LogP contribution in [0, 0.1) is 0 Å². The highest BCUT2D eigenvalue weighted by atomic mass is 16.5. The number of carbonyl (C=O) groups excluding carboxylic acids is 2. The number of carbonyl (C=O) groups is 2. The van der Waals surface area contributed by atoms with Gasteiger partial charge in [0.05, 0.1) is 0 Å². The molecule has 1 N–H and O–H groups in total. The van der Waals surface area contributed by atoms with Gasteiger partial charge in [-0.25, -0.2) is 4.79 Å². The fraction of sp³-hybridized carbons (Fsp3) is 0.333. The number of esters is 1. The van der Waals surface area contributed by atoms with Gasteiger partial charge in [0.15, 0.2) is 6.61 Å². The topological polar surface area (TPSA) is 68.5 Å². The maximum atomic E-state index is 11.8. The fourth-order valence-electron chi connectivity index (χ4n) is 1.74. The van der Waals surface area contributed by atoms with Crippen LogP contribution < -0.4 is 5.32 Å². The van der Waals surface area contributed by atoms with Crippen molar-refractivity contribution in [3.8, 4) is 0 Å². The third-order valence-electron chi connectivity index (χ3n) is 2.81. The molecule has 0 radical (unpaired) electrons. The van der Waals surface area contributed by atoms with Gasteiger partial charge >= 0.3 is 5.97 Å². The van der Waals surface area contributed by atoms with E-state index in [4.69, 9.17) is 9.15 Å². The number of furan rings is 1. The van der Waals surface area contributed by atoms with Crippen molar-refractivity contribution in [1.29, 1.82) is 0 Å². The Kier molecular flexibility index (Phi) is 4.76. The van der Waals surface area contributed by atoms with Crippen LogP contribution in [-0.2, 0) is 9.53 Å². The molecule has 0 atom stereocenters. The summed E-state index contributed by atoms with van der Waals surface area (Å²) in [5.41, 5.74) is 0.617. The van der Waals surface area contributed by atoms with Crippen LogP contribution in [0.3, 0.4) is 0 Å². The number of benzene rings is 1. The van der Waals surface area contributed by atoms with Gasteiger partial charge in [-0.05, 0) is 18.6 Å². The van der Waals surface area contributed by atoms with Gasteiger partial charge in [0.1, 0.15) is 5.58 Å². The van der Waals surface area contributed by atoms with Gasteiger partial charge in [-0.15, -0.1) is 0 Å². The second-order valence-electron chi connectivity index (χ2n) is 4.43. The quantitative estimate of drug-likeness (QED) is 0.649.